The average molecular weight is 377 g/mol. The molecule has 2 aromatic rings. The Morgan fingerprint density at radius 3 is 2.71 bits per heavy atom. The smallest absolute Gasteiger partial charge is 0.262 e. The first-order valence-corrected chi connectivity index (χ1v) is 6.95. The lowest BCUT2D eigenvalue weighted by Gasteiger charge is -2.09. The van der Waals surface area contributed by atoms with Gasteiger partial charge in [-0.05, 0) is 30.3 Å². The molecule has 0 aliphatic heterocycles. The summed E-state index contributed by atoms with van der Waals surface area (Å²) >= 11 is 9.16. The van der Waals surface area contributed by atoms with Crippen molar-refractivity contribution in [3.8, 4) is 5.75 Å². The summed E-state index contributed by atoms with van der Waals surface area (Å²) in [5, 5.41) is 2.55. The van der Waals surface area contributed by atoms with E-state index < -0.39 is 17.5 Å². The molecule has 0 bridgehead atoms. The van der Waals surface area contributed by atoms with Gasteiger partial charge in [0.1, 0.15) is 17.4 Å². The zero-order valence-electron chi connectivity index (χ0n) is 10.5. The molecule has 0 aromatic heterocycles. The highest BCUT2D eigenvalue weighted by atomic mass is 79.9. The topological polar surface area (TPSA) is 38.3 Å². The number of carbonyl (C=O) groups excluding carboxylic acids is 1. The number of hydrogen-bond donors (Lipinski definition) is 1. The third-order valence-electron chi connectivity index (χ3n) is 2.46. The molecule has 0 aliphatic rings. The van der Waals surface area contributed by atoms with Gasteiger partial charge in [-0.1, -0.05) is 27.5 Å². The van der Waals surface area contributed by atoms with Crippen LogP contribution in [-0.2, 0) is 4.79 Å². The average Bonchev–Trinajstić information content (AvgIpc) is 2.42. The molecule has 0 aliphatic carbocycles. The van der Waals surface area contributed by atoms with Crippen LogP contribution in [0, 0.1) is 11.6 Å². The number of hydrogen-bond acceptors (Lipinski definition) is 2. The quantitative estimate of drug-likeness (QED) is 0.859. The number of carbonyl (C=O) groups is 1. The third-order valence-corrected chi connectivity index (χ3v) is 3.24. The maximum absolute atomic E-state index is 13.4. The standard InChI is InChI=1S/C14H9BrClF2NO2/c15-8-1-4-13(10(16)5-8)21-7-14(20)19-12-6-9(17)2-3-11(12)18/h1-6H,7H2,(H,19,20). The Morgan fingerprint density at radius 2 is 2.00 bits per heavy atom. The zero-order valence-corrected chi connectivity index (χ0v) is 12.8. The SMILES string of the molecule is O=C(COc1ccc(Br)cc1Cl)Nc1cc(F)ccc1F. The lowest BCUT2D eigenvalue weighted by atomic mass is 10.3. The van der Waals surface area contributed by atoms with E-state index in [0.29, 0.717) is 10.8 Å². The van der Waals surface area contributed by atoms with Crippen molar-refractivity contribution in [3.63, 3.8) is 0 Å². The first-order chi connectivity index (χ1) is 9.95. The molecule has 0 saturated carbocycles. The van der Waals surface area contributed by atoms with Crippen molar-refractivity contribution in [1.29, 1.82) is 0 Å². The van der Waals surface area contributed by atoms with Crippen LogP contribution in [0.1, 0.15) is 0 Å². The Hall–Kier alpha value is -1.66. The normalized spacial score (nSPS) is 10.3. The van der Waals surface area contributed by atoms with Gasteiger partial charge in [-0.25, -0.2) is 8.78 Å². The first kappa shape index (κ1) is 15.7. The van der Waals surface area contributed by atoms with E-state index >= 15 is 0 Å². The van der Waals surface area contributed by atoms with Crippen molar-refractivity contribution in [2.45, 2.75) is 0 Å². The summed E-state index contributed by atoms with van der Waals surface area (Å²) in [5.41, 5.74) is -0.245. The molecule has 0 heterocycles. The van der Waals surface area contributed by atoms with Crippen LogP contribution < -0.4 is 10.1 Å². The fourth-order valence-corrected chi connectivity index (χ4v) is 2.24. The summed E-state index contributed by atoms with van der Waals surface area (Å²) in [6, 6.07) is 7.68. The van der Waals surface area contributed by atoms with E-state index in [1.54, 1.807) is 18.2 Å². The van der Waals surface area contributed by atoms with Crippen LogP contribution in [-0.4, -0.2) is 12.5 Å². The number of halogens is 4. The third kappa shape index (κ3) is 4.41. The van der Waals surface area contributed by atoms with Crippen LogP contribution in [0.3, 0.4) is 0 Å². The van der Waals surface area contributed by atoms with E-state index in [2.05, 4.69) is 21.2 Å². The zero-order chi connectivity index (χ0) is 15.4. The molecule has 0 saturated heterocycles. The summed E-state index contributed by atoms with van der Waals surface area (Å²) in [4.78, 5) is 11.6. The number of rotatable bonds is 4. The number of ether oxygens (including phenoxy) is 1. The van der Waals surface area contributed by atoms with Gasteiger partial charge < -0.3 is 10.1 Å². The maximum atomic E-state index is 13.4. The van der Waals surface area contributed by atoms with Gasteiger partial charge in [-0.2, -0.15) is 0 Å². The van der Waals surface area contributed by atoms with Crippen LogP contribution in [0.5, 0.6) is 5.75 Å². The second kappa shape index (κ2) is 6.87. The highest BCUT2D eigenvalue weighted by molar-refractivity contribution is 9.10. The van der Waals surface area contributed by atoms with Crippen molar-refractivity contribution in [2.24, 2.45) is 0 Å². The molecule has 1 amide bonds. The minimum absolute atomic E-state index is 0.245. The van der Waals surface area contributed by atoms with Gasteiger partial charge in [0.15, 0.2) is 6.61 Å². The Balaban J connectivity index is 1.97. The fraction of sp³-hybridized carbons (Fsp3) is 0.0714. The van der Waals surface area contributed by atoms with Crippen LogP contribution in [0.2, 0.25) is 5.02 Å². The van der Waals surface area contributed by atoms with E-state index in [1.165, 1.54) is 0 Å². The Morgan fingerprint density at radius 1 is 1.24 bits per heavy atom. The van der Waals surface area contributed by atoms with Gasteiger partial charge in [0.2, 0.25) is 0 Å². The van der Waals surface area contributed by atoms with E-state index in [-0.39, 0.29) is 12.3 Å². The Labute approximate surface area is 133 Å². The molecular weight excluding hydrogens is 368 g/mol. The highest BCUT2D eigenvalue weighted by Gasteiger charge is 2.10. The first-order valence-electron chi connectivity index (χ1n) is 5.78. The summed E-state index contributed by atoms with van der Waals surface area (Å²) in [6.45, 7) is -0.378. The van der Waals surface area contributed by atoms with E-state index in [9.17, 15) is 13.6 Å². The summed E-state index contributed by atoms with van der Waals surface area (Å²) in [6.07, 6.45) is 0. The van der Waals surface area contributed by atoms with Gasteiger partial charge in [-0.15, -0.1) is 0 Å². The number of nitrogens with one attached hydrogen (secondary N) is 1. The molecule has 21 heavy (non-hydrogen) atoms. The predicted molar refractivity (Wildman–Crippen MR) is 79.6 cm³/mol. The number of benzene rings is 2. The van der Waals surface area contributed by atoms with Crippen LogP contribution in [0.25, 0.3) is 0 Å². The van der Waals surface area contributed by atoms with Crippen molar-refractivity contribution in [1.82, 2.24) is 0 Å². The second-order valence-corrected chi connectivity index (χ2v) is 5.36. The van der Waals surface area contributed by atoms with Crippen molar-refractivity contribution >= 4 is 39.1 Å². The van der Waals surface area contributed by atoms with Gasteiger partial charge in [0.05, 0.1) is 10.7 Å². The van der Waals surface area contributed by atoms with Crippen LogP contribution in [0.4, 0.5) is 14.5 Å². The fourth-order valence-electron chi connectivity index (χ4n) is 1.52. The molecular formula is C14H9BrClF2NO2. The molecule has 2 rings (SSSR count). The van der Waals surface area contributed by atoms with Gasteiger partial charge in [0, 0.05) is 10.5 Å². The Kier molecular flexibility index (Phi) is 5.14. The summed E-state index contributed by atoms with van der Waals surface area (Å²) in [7, 11) is 0. The number of amides is 1. The molecule has 110 valence electrons. The van der Waals surface area contributed by atoms with Crippen LogP contribution in [0.15, 0.2) is 40.9 Å². The molecule has 0 fully saturated rings. The van der Waals surface area contributed by atoms with Gasteiger partial charge in [0.25, 0.3) is 5.91 Å². The molecule has 0 radical (unpaired) electrons. The molecule has 0 unspecified atom stereocenters. The summed E-state index contributed by atoms with van der Waals surface area (Å²) in [5.74, 6) is -1.69. The van der Waals surface area contributed by atoms with Crippen molar-refractivity contribution in [3.05, 3.63) is 57.5 Å². The van der Waals surface area contributed by atoms with Crippen molar-refractivity contribution < 1.29 is 18.3 Å². The molecule has 0 spiro atoms. The lowest BCUT2D eigenvalue weighted by Crippen LogP contribution is -2.21. The maximum Gasteiger partial charge on any atom is 0.262 e. The minimum atomic E-state index is -0.730. The number of anilines is 1. The van der Waals surface area contributed by atoms with E-state index in [1.807, 2.05) is 0 Å². The molecule has 2 aromatic carbocycles. The lowest BCUT2D eigenvalue weighted by molar-refractivity contribution is -0.118. The van der Waals surface area contributed by atoms with Crippen molar-refractivity contribution in [2.75, 3.05) is 11.9 Å². The summed E-state index contributed by atoms with van der Waals surface area (Å²) < 4.78 is 32.3. The highest BCUT2D eigenvalue weighted by Crippen LogP contribution is 2.27. The molecule has 1 N–H and O–H groups in total. The molecule has 0 atom stereocenters. The van der Waals surface area contributed by atoms with E-state index in [0.717, 1.165) is 22.7 Å². The second-order valence-electron chi connectivity index (χ2n) is 4.04. The minimum Gasteiger partial charge on any atom is -0.482 e. The van der Waals surface area contributed by atoms with Gasteiger partial charge in [-0.3, -0.25) is 4.79 Å². The molecule has 7 heteroatoms. The largest absolute Gasteiger partial charge is 0.482 e. The molecule has 3 nitrogen and oxygen atoms in total. The van der Waals surface area contributed by atoms with E-state index in [4.69, 9.17) is 16.3 Å². The Bertz CT molecular complexity index is 682. The monoisotopic (exact) mass is 375 g/mol. The van der Waals surface area contributed by atoms with Gasteiger partial charge >= 0.3 is 0 Å². The predicted octanol–water partition coefficient (Wildman–Crippen LogP) is 4.40. The van der Waals surface area contributed by atoms with Crippen LogP contribution >= 0.6 is 27.5 Å².